The summed E-state index contributed by atoms with van der Waals surface area (Å²) in [6, 6.07) is 0. The van der Waals surface area contributed by atoms with Gasteiger partial charge in [0.1, 0.15) is 0 Å². The molecular weight excluding hydrogens is 78.1 g/mol. The average Bonchev–Trinajstić information content (AvgIpc) is 1.38. The Kier molecular flexibility index (Phi) is 2.50. The lowest BCUT2D eigenvalue weighted by Crippen LogP contribution is -2.17. The lowest BCUT2D eigenvalue weighted by molar-refractivity contribution is 0.917. The summed E-state index contributed by atoms with van der Waals surface area (Å²) in [5.74, 6) is 0. The number of rotatable bonds is 1. The third-order valence-electron chi connectivity index (χ3n) is 0.455. The second-order valence-corrected chi connectivity index (χ2v) is 2.75. The molecular formula is C3H10NSi. The fourth-order valence-corrected chi connectivity index (χ4v) is 0. The average molecular weight is 88.2 g/mol. The first-order valence-electron chi connectivity index (χ1n) is 1.82. The lowest BCUT2D eigenvalue weighted by Gasteiger charge is -1.91. The molecule has 0 rings (SSSR count). The summed E-state index contributed by atoms with van der Waals surface area (Å²) in [6.45, 7) is 3.59. The van der Waals surface area contributed by atoms with E-state index in [-0.39, 0.29) is 0 Å². The molecule has 1 unspecified atom stereocenters. The Labute approximate surface area is 36.0 Å². The highest BCUT2D eigenvalue weighted by molar-refractivity contribution is 6.11. The summed E-state index contributed by atoms with van der Waals surface area (Å²) in [6.07, 6.45) is 0.895. The van der Waals surface area contributed by atoms with Crippen molar-refractivity contribution in [2.24, 2.45) is 5.73 Å². The highest BCUT2D eigenvalue weighted by Crippen LogP contribution is 1.70. The second-order valence-electron chi connectivity index (χ2n) is 1.27. The quantitative estimate of drug-likeness (QED) is 0.403. The van der Waals surface area contributed by atoms with Crippen LogP contribution in [0, 0.1) is 6.92 Å². The third kappa shape index (κ3) is 4.18. The van der Waals surface area contributed by atoms with E-state index in [9.17, 15) is 0 Å². The summed E-state index contributed by atoms with van der Waals surface area (Å²) in [5, 5.41) is 0. The molecule has 0 spiro atoms. The molecule has 1 radical (unpaired) electrons. The summed E-state index contributed by atoms with van der Waals surface area (Å²) >= 11 is 0. The highest BCUT2D eigenvalue weighted by atomic mass is 28.1. The molecule has 0 aromatic carbocycles. The molecule has 0 amide bonds. The van der Waals surface area contributed by atoms with Crippen LogP contribution >= 0.6 is 0 Å². The van der Waals surface area contributed by atoms with Gasteiger partial charge in [-0.25, -0.2) is 0 Å². The van der Waals surface area contributed by atoms with E-state index >= 15 is 0 Å². The predicted octanol–water partition coefficient (Wildman–Crippen LogP) is -1.14. The molecule has 0 aromatic heterocycles. The van der Waals surface area contributed by atoms with E-state index in [0.717, 1.165) is 16.7 Å². The zero-order valence-electron chi connectivity index (χ0n) is 3.57. The van der Waals surface area contributed by atoms with E-state index in [1.807, 2.05) is 0 Å². The van der Waals surface area contributed by atoms with Crippen LogP contribution in [0.5, 0.6) is 0 Å². The molecule has 1 atom stereocenters. The minimum Gasteiger partial charge on any atom is -0.331 e. The predicted molar refractivity (Wildman–Crippen MR) is 27.9 cm³/mol. The van der Waals surface area contributed by atoms with E-state index in [4.69, 9.17) is 5.73 Å². The van der Waals surface area contributed by atoms with Crippen molar-refractivity contribution in [2.45, 2.75) is 12.1 Å². The minimum absolute atomic E-state index is 0.412. The Balaban J connectivity index is 2.54. The first-order valence-corrected chi connectivity index (χ1v) is 2.97. The molecule has 0 aromatic rings. The molecule has 0 fully saturated rings. The van der Waals surface area contributed by atoms with Crippen molar-refractivity contribution in [3.8, 4) is 0 Å². The van der Waals surface area contributed by atoms with Crippen LogP contribution in [-0.2, 0) is 0 Å². The molecule has 0 aliphatic heterocycles. The van der Waals surface area contributed by atoms with Crippen molar-refractivity contribution >= 4 is 10.2 Å². The van der Waals surface area contributed by atoms with Crippen LogP contribution in [0.3, 0.4) is 0 Å². The van der Waals surface area contributed by atoms with Gasteiger partial charge in [0, 0.05) is 10.2 Å². The van der Waals surface area contributed by atoms with Gasteiger partial charge < -0.3 is 5.73 Å². The number of nitrogens with two attached hydrogens (primary N) is 1. The molecule has 0 bridgehead atoms. The van der Waals surface area contributed by atoms with E-state index in [2.05, 4.69) is 6.92 Å². The molecule has 5 heavy (non-hydrogen) atoms. The summed E-state index contributed by atoms with van der Waals surface area (Å²) < 4.78 is 0. The molecule has 0 aliphatic carbocycles. The Bertz CT molecular complexity index is 20.9. The van der Waals surface area contributed by atoms with Gasteiger partial charge in [-0.3, -0.25) is 0 Å². The summed E-state index contributed by atoms with van der Waals surface area (Å²) in [5.41, 5.74) is 5.70. The van der Waals surface area contributed by atoms with Gasteiger partial charge in [-0.15, -0.1) is 0 Å². The van der Waals surface area contributed by atoms with Crippen molar-refractivity contribution < 1.29 is 0 Å². The third-order valence-corrected chi connectivity index (χ3v) is 1.03. The minimum atomic E-state index is 0.412. The Morgan fingerprint density at radius 2 is 2.20 bits per heavy atom. The Morgan fingerprint density at radius 1 is 2.00 bits per heavy atom. The number of hydrogen-bond acceptors (Lipinski definition) is 1. The van der Waals surface area contributed by atoms with Gasteiger partial charge in [0.15, 0.2) is 0 Å². The molecule has 0 heterocycles. The summed E-state index contributed by atoms with van der Waals surface area (Å²) in [7, 11) is 1.08. The first-order chi connectivity index (χ1) is 2.27. The van der Waals surface area contributed by atoms with Crippen molar-refractivity contribution in [3.63, 3.8) is 0 Å². The largest absolute Gasteiger partial charge is 0.331 e. The smallest absolute Gasteiger partial charge is 0.0238 e. The standard InChI is InChI=1S/C3H10NSi/c1-2-3(4)5/h3H,1-2,4H2,5H3. The van der Waals surface area contributed by atoms with Crippen molar-refractivity contribution in [3.05, 3.63) is 6.92 Å². The van der Waals surface area contributed by atoms with Crippen molar-refractivity contribution in [1.82, 2.24) is 0 Å². The van der Waals surface area contributed by atoms with E-state index in [1.54, 1.807) is 0 Å². The fraction of sp³-hybridized carbons (Fsp3) is 0.667. The first kappa shape index (κ1) is 5.18. The highest BCUT2D eigenvalue weighted by Gasteiger charge is 1.80. The van der Waals surface area contributed by atoms with Crippen molar-refractivity contribution in [1.29, 1.82) is 0 Å². The van der Waals surface area contributed by atoms with E-state index in [1.165, 1.54) is 0 Å². The molecule has 2 heteroatoms. The van der Waals surface area contributed by atoms with Gasteiger partial charge in [0.05, 0.1) is 0 Å². The van der Waals surface area contributed by atoms with Crippen LogP contribution in [0.1, 0.15) is 6.42 Å². The van der Waals surface area contributed by atoms with Gasteiger partial charge in [0.2, 0.25) is 0 Å². The normalized spacial score (nSPS) is 15.6. The maximum atomic E-state index is 5.29. The van der Waals surface area contributed by atoms with Crippen LogP contribution in [0.4, 0.5) is 0 Å². The van der Waals surface area contributed by atoms with Gasteiger partial charge >= 0.3 is 0 Å². The van der Waals surface area contributed by atoms with Crippen LogP contribution < -0.4 is 5.73 Å². The molecule has 2 N–H and O–H groups in total. The van der Waals surface area contributed by atoms with Gasteiger partial charge in [-0.1, -0.05) is 6.92 Å². The SMILES string of the molecule is [CH2]CC(N)[SiH3]. The second kappa shape index (κ2) is 2.42. The van der Waals surface area contributed by atoms with Crippen LogP contribution in [0.2, 0.25) is 0 Å². The van der Waals surface area contributed by atoms with E-state index < -0.39 is 0 Å². The number of hydrogen-bond donors (Lipinski definition) is 1. The van der Waals surface area contributed by atoms with Gasteiger partial charge in [0.25, 0.3) is 0 Å². The maximum absolute atomic E-state index is 5.29. The monoisotopic (exact) mass is 88.1 g/mol. The molecule has 1 nitrogen and oxygen atoms in total. The Morgan fingerprint density at radius 3 is 2.20 bits per heavy atom. The zero-order chi connectivity index (χ0) is 4.28. The lowest BCUT2D eigenvalue weighted by atomic mass is 10.5. The van der Waals surface area contributed by atoms with E-state index in [0.29, 0.717) is 5.67 Å². The zero-order valence-corrected chi connectivity index (χ0v) is 5.57. The molecule has 0 aliphatic rings. The molecule has 0 saturated carbocycles. The van der Waals surface area contributed by atoms with Crippen LogP contribution in [0.25, 0.3) is 0 Å². The van der Waals surface area contributed by atoms with Crippen LogP contribution in [-0.4, -0.2) is 15.9 Å². The maximum Gasteiger partial charge on any atom is 0.0238 e. The van der Waals surface area contributed by atoms with Crippen LogP contribution in [0.15, 0.2) is 0 Å². The molecule has 31 valence electrons. The fourth-order valence-electron chi connectivity index (χ4n) is 0. The molecule has 0 saturated heterocycles. The van der Waals surface area contributed by atoms with Gasteiger partial charge in [-0.2, -0.15) is 0 Å². The van der Waals surface area contributed by atoms with Gasteiger partial charge in [-0.05, 0) is 12.1 Å². The topological polar surface area (TPSA) is 26.0 Å². The summed E-state index contributed by atoms with van der Waals surface area (Å²) in [4.78, 5) is 0. The Hall–Kier alpha value is 0.177. The van der Waals surface area contributed by atoms with Crippen molar-refractivity contribution in [2.75, 3.05) is 0 Å².